The molecule has 2 aromatic rings. The van der Waals surface area contributed by atoms with E-state index in [1.54, 1.807) is 0 Å². The quantitative estimate of drug-likeness (QED) is 0.876. The van der Waals surface area contributed by atoms with Crippen molar-refractivity contribution in [3.63, 3.8) is 0 Å². The van der Waals surface area contributed by atoms with Crippen LogP contribution >= 0.6 is 0 Å². The van der Waals surface area contributed by atoms with E-state index in [1.165, 1.54) is 16.8 Å². The fourth-order valence-corrected chi connectivity index (χ4v) is 3.85. The Morgan fingerprint density at radius 2 is 1.71 bits per heavy atom. The summed E-state index contributed by atoms with van der Waals surface area (Å²) >= 11 is 0. The first-order valence-electron chi connectivity index (χ1n) is 8.83. The van der Waals surface area contributed by atoms with Gasteiger partial charge in [0.2, 0.25) is 0 Å². The van der Waals surface area contributed by atoms with Crippen molar-refractivity contribution in [2.45, 2.75) is 32.2 Å². The van der Waals surface area contributed by atoms with Crippen LogP contribution in [0.4, 0.5) is 5.69 Å². The van der Waals surface area contributed by atoms with E-state index in [0.29, 0.717) is 0 Å². The van der Waals surface area contributed by atoms with Crippen LogP contribution in [-0.2, 0) is 11.2 Å². The number of ether oxygens (including phenoxy) is 1. The summed E-state index contributed by atoms with van der Waals surface area (Å²) in [6, 6.07) is 19.3. The van der Waals surface area contributed by atoms with Gasteiger partial charge in [-0.25, -0.2) is 0 Å². The Balaban J connectivity index is 1.72. The van der Waals surface area contributed by atoms with Crippen LogP contribution < -0.4 is 5.32 Å². The van der Waals surface area contributed by atoms with Crippen LogP contribution in [0.5, 0.6) is 0 Å². The first-order valence-corrected chi connectivity index (χ1v) is 8.83. The van der Waals surface area contributed by atoms with Crippen LogP contribution in [0.25, 0.3) is 0 Å². The predicted octanol–water partition coefficient (Wildman–Crippen LogP) is 4.61. The number of benzene rings is 2. The Kier molecular flexibility index (Phi) is 4.11. The number of rotatable bonds is 2. The number of nitrogens with zero attached hydrogens (tertiary/aromatic N) is 1. The van der Waals surface area contributed by atoms with Gasteiger partial charge in [0.1, 0.15) is 5.84 Å². The van der Waals surface area contributed by atoms with Crippen molar-refractivity contribution in [3.05, 3.63) is 65.7 Å². The summed E-state index contributed by atoms with van der Waals surface area (Å²) in [5.74, 6) is 1.14. The summed E-state index contributed by atoms with van der Waals surface area (Å²) in [7, 11) is 0. The minimum atomic E-state index is 0.0929. The Morgan fingerprint density at radius 3 is 2.50 bits per heavy atom. The normalized spacial score (nSPS) is 22.0. The predicted molar refractivity (Wildman–Crippen MR) is 98.5 cm³/mol. The van der Waals surface area contributed by atoms with Crippen molar-refractivity contribution in [1.82, 2.24) is 0 Å². The molecule has 24 heavy (non-hydrogen) atoms. The van der Waals surface area contributed by atoms with E-state index in [0.717, 1.165) is 38.3 Å². The number of aliphatic imine (C=N–C) groups is 1. The van der Waals surface area contributed by atoms with Gasteiger partial charge in [0.25, 0.3) is 0 Å². The van der Waals surface area contributed by atoms with Crippen molar-refractivity contribution in [3.8, 4) is 0 Å². The number of fused-ring (bicyclic) bond motifs is 1. The summed E-state index contributed by atoms with van der Waals surface area (Å²) in [5.41, 5.74) is 3.95. The number of anilines is 1. The molecule has 2 aliphatic rings. The second-order valence-corrected chi connectivity index (χ2v) is 6.92. The minimum Gasteiger partial charge on any atom is -0.381 e. The van der Waals surface area contributed by atoms with Crippen LogP contribution in [-0.4, -0.2) is 19.0 Å². The first-order chi connectivity index (χ1) is 11.8. The molecule has 2 heterocycles. The Labute approximate surface area is 143 Å². The molecule has 0 aromatic heterocycles. The van der Waals surface area contributed by atoms with E-state index in [4.69, 9.17) is 9.73 Å². The molecular formula is C21H24N2O. The van der Waals surface area contributed by atoms with E-state index in [1.807, 2.05) is 0 Å². The van der Waals surface area contributed by atoms with Crippen LogP contribution in [0, 0.1) is 5.41 Å². The monoisotopic (exact) mass is 320 g/mol. The molecule has 2 aliphatic heterocycles. The molecule has 0 aliphatic carbocycles. The van der Waals surface area contributed by atoms with Crippen molar-refractivity contribution < 1.29 is 4.74 Å². The molecule has 1 fully saturated rings. The van der Waals surface area contributed by atoms with E-state index in [2.05, 4.69) is 66.8 Å². The fourth-order valence-electron chi connectivity index (χ4n) is 3.85. The molecule has 2 aromatic carbocycles. The zero-order valence-electron chi connectivity index (χ0n) is 14.2. The Morgan fingerprint density at radius 1 is 1.00 bits per heavy atom. The van der Waals surface area contributed by atoms with Crippen molar-refractivity contribution >= 4 is 11.5 Å². The average Bonchev–Trinajstić information content (AvgIpc) is 2.64. The highest BCUT2D eigenvalue weighted by Crippen LogP contribution is 2.42. The maximum atomic E-state index is 5.64. The summed E-state index contributed by atoms with van der Waals surface area (Å²) in [6.07, 6.45) is 3.13. The first kappa shape index (κ1) is 15.4. The topological polar surface area (TPSA) is 33.6 Å². The molecule has 1 N–H and O–H groups in total. The molecule has 3 heteroatoms. The third-order valence-corrected chi connectivity index (χ3v) is 5.36. The van der Waals surface area contributed by atoms with Crippen molar-refractivity contribution in [2.24, 2.45) is 10.4 Å². The van der Waals surface area contributed by atoms with E-state index in [9.17, 15) is 0 Å². The summed E-state index contributed by atoms with van der Waals surface area (Å²) in [5, 5.41) is 3.65. The van der Waals surface area contributed by atoms with Gasteiger partial charge in [0, 0.05) is 24.3 Å². The van der Waals surface area contributed by atoms with Crippen LogP contribution in [0.1, 0.15) is 36.9 Å². The second-order valence-electron chi connectivity index (χ2n) is 6.92. The van der Waals surface area contributed by atoms with E-state index < -0.39 is 0 Å². The minimum absolute atomic E-state index is 0.0929. The molecule has 0 radical (unpaired) electrons. The van der Waals surface area contributed by atoms with Gasteiger partial charge in [-0.05, 0) is 43.4 Å². The molecule has 3 nitrogen and oxygen atoms in total. The lowest BCUT2D eigenvalue weighted by Crippen LogP contribution is -2.46. The van der Waals surface area contributed by atoms with Gasteiger partial charge in [0.05, 0.1) is 6.04 Å². The van der Waals surface area contributed by atoms with Gasteiger partial charge in [0.15, 0.2) is 0 Å². The van der Waals surface area contributed by atoms with Gasteiger partial charge in [-0.1, -0.05) is 48.5 Å². The SMILES string of the molecule is CC(N=C1Nc2ccccc2CC12CCOCC2)c1ccccc1. The Hall–Kier alpha value is -2.13. The van der Waals surface area contributed by atoms with Crippen molar-refractivity contribution in [2.75, 3.05) is 18.5 Å². The number of hydrogen-bond acceptors (Lipinski definition) is 2. The molecule has 0 saturated carbocycles. The van der Waals surface area contributed by atoms with Gasteiger partial charge >= 0.3 is 0 Å². The smallest absolute Gasteiger partial charge is 0.108 e. The number of amidine groups is 1. The van der Waals surface area contributed by atoms with Gasteiger partial charge in [-0.2, -0.15) is 0 Å². The summed E-state index contributed by atoms with van der Waals surface area (Å²) in [6.45, 7) is 3.82. The fraction of sp³-hybridized carbons (Fsp3) is 0.381. The molecule has 4 rings (SSSR count). The van der Waals surface area contributed by atoms with Crippen LogP contribution in [0.2, 0.25) is 0 Å². The third-order valence-electron chi connectivity index (χ3n) is 5.36. The van der Waals surface area contributed by atoms with Crippen LogP contribution in [0.15, 0.2) is 59.6 Å². The summed E-state index contributed by atoms with van der Waals surface area (Å²) < 4.78 is 5.64. The molecule has 0 amide bonds. The highest BCUT2D eigenvalue weighted by Gasteiger charge is 2.41. The van der Waals surface area contributed by atoms with Gasteiger partial charge in [-0.15, -0.1) is 0 Å². The number of nitrogens with one attached hydrogen (secondary N) is 1. The standard InChI is InChI=1S/C21H24N2O/c1-16(17-7-3-2-4-8-17)22-20-21(11-13-24-14-12-21)15-18-9-5-6-10-19(18)23-20/h2-10,16H,11-15H2,1H3,(H,22,23). The molecule has 1 atom stereocenters. The van der Waals surface area contributed by atoms with Crippen molar-refractivity contribution in [1.29, 1.82) is 0 Å². The molecule has 1 saturated heterocycles. The second kappa shape index (κ2) is 6.40. The molecule has 124 valence electrons. The molecule has 0 bridgehead atoms. The lowest BCUT2D eigenvalue weighted by Gasteiger charge is -2.42. The number of para-hydroxylation sites is 1. The molecule has 1 unspecified atom stereocenters. The zero-order valence-corrected chi connectivity index (χ0v) is 14.2. The molecule has 1 spiro atoms. The lowest BCUT2D eigenvalue weighted by molar-refractivity contribution is 0.0448. The highest BCUT2D eigenvalue weighted by molar-refractivity contribution is 6.02. The third kappa shape index (κ3) is 2.84. The van der Waals surface area contributed by atoms with Crippen LogP contribution in [0.3, 0.4) is 0 Å². The average molecular weight is 320 g/mol. The van der Waals surface area contributed by atoms with Gasteiger partial charge in [-0.3, -0.25) is 4.99 Å². The lowest BCUT2D eigenvalue weighted by atomic mass is 9.71. The largest absolute Gasteiger partial charge is 0.381 e. The maximum Gasteiger partial charge on any atom is 0.108 e. The summed E-state index contributed by atoms with van der Waals surface area (Å²) in [4.78, 5) is 5.13. The van der Waals surface area contributed by atoms with E-state index >= 15 is 0 Å². The van der Waals surface area contributed by atoms with E-state index in [-0.39, 0.29) is 11.5 Å². The highest BCUT2D eigenvalue weighted by atomic mass is 16.5. The van der Waals surface area contributed by atoms with Gasteiger partial charge < -0.3 is 10.1 Å². The zero-order chi connectivity index (χ0) is 16.4. The number of hydrogen-bond donors (Lipinski definition) is 1. The molecular weight excluding hydrogens is 296 g/mol. The maximum absolute atomic E-state index is 5.64. The Bertz CT molecular complexity index is 733.